The Labute approximate surface area is 243 Å². The first kappa shape index (κ1) is 36.2. The highest BCUT2D eigenvalue weighted by atomic mass is 35.5. The third kappa shape index (κ3) is 11.5. The summed E-state index contributed by atoms with van der Waals surface area (Å²) in [6.45, 7) is 15.7. The Balaban J connectivity index is 0.00000199. The lowest BCUT2D eigenvalue weighted by atomic mass is 10.0. The summed E-state index contributed by atoms with van der Waals surface area (Å²) in [5.74, 6) is -2.04. The molecule has 218 valence electrons. The molecule has 1 unspecified atom stereocenters. The molecule has 0 fully saturated rings. The number of hydrogen-bond acceptors (Lipinski definition) is 4. The van der Waals surface area contributed by atoms with Crippen LogP contribution in [0, 0.1) is 13.8 Å². The van der Waals surface area contributed by atoms with Gasteiger partial charge in [-0.15, -0.1) is 0 Å². The fourth-order valence-corrected chi connectivity index (χ4v) is 3.72. The van der Waals surface area contributed by atoms with Crippen molar-refractivity contribution in [1.29, 1.82) is 0 Å². The Morgan fingerprint density at radius 2 is 1.43 bits per heavy atom. The van der Waals surface area contributed by atoms with Crippen molar-refractivity contribution in [1.82, 2.24) is 5.32 Å². The summed E-state index contributed by atoms with van der Waals surface area (Å²) in [6, 6.07) is 15.0. The van der Waals surface area contributed by atoms with Gasteiger partial charge in [-0.05, 0) is 66.9 Å². The van der Waals surface area contributed by atoms with E-state index in [0.717, 1.165) is 5.56 Å². The fraction of sp³-hybridized carbons (Fsp3) is 0.344. The quantitative estimate of drug-likeness (QED) is 0.231. The summed E-state index contributed by atoms with van der Waals surface area (Å²) in [7, 11) is 0. The summed E-state index contributed by atoms with van der Waals surface area (Å²) in [5.41, 5.74) is 3.15. The molecule has 0 radical (unpaired) electrons. The van der Waals surface area contributed by atoms with Gasteiger partial charge in [-0.1, -0.05) is 83.8 Å². The molecule has 3 aromatic rings. The maximum atomic E-state index is 12.6. The lowest BCUT2D eigenvalue weighted by Crippen LogP contribution is -2.42. The molecule has 7 nitrogen and oxygen atoms in total. The standard InChI is InChI=1S/C25H23ClN2O5.C3H8.2C2H6/c1-14-4-3-5-20(26)22(14)24(31)27-17-8-6-16(7-9-17)13-21(25(32)33)28-23(30)19-11-10-18(29)12-15(19)2;1-3-2;2*1-2/h3-12,21,29H,13H2,1-2H3,(H,27,31)(H,28,30)(H,32,33);3H2,1-2H3;2*1-2H3. The van der Waals surface area contributed by atoms with Crippen molar-refractivity contribution in [2.45, 2.75) is 74.3 Å². The van der Waals surface area contributed by atoms with Crippen LogP contribution in [0.15, 0.2) is 60.7 Å². The van der Waals surface area contributed by atoms with Crippen LogP contribution in [-0.4, -0.2) is 34.0 Å². The summed E-state index contributed by atoms with van der Waals surface area (Å²) >= 11 is 6.14. The molecule has 0 aliphatic carbocycles. The van der Waals surface area contributed by atoms with E-state index in [1.807, 2.05) is 27.7 Å². The van der Waals surface area contributed by atoms with E-state index >= 15 is 0 Å². The number of aliphatic carboxylic acids is 1. The van der Waals surface area contributed by atoms with E-state index in [-0.39, 0.29) is 23.6 Å². The second-order valence-electron chi connectivity index (χ2n) is 8.36. The first-order valence-electron chi connectivity index (χ1n) is 13.6. The Morgan fingerprint density at radius 3 is 1.93 bits per heavy atom. The number of carbonyl (C=O) groups excluding carboxylic acids is 2. The molecule has 0 saturated heterocycles. The van der Waals surface area contributed by atoms with Crippen LogP contribution < -0.4 is 10.6 Å². The van der Waals surface area contributed by atoms with E-state index in [2.05, 4.69) is 24.5 Å². The van der Waals surface area contributed by atoms with Gasteiger partial charge in [-0.2, -0.15) is 0 Å². The molecule has 8 heteroatoms. The van der Waals surface area contributed by atoms with Gasteiger partial charge in [-0.3, -0.25) is 9.59 Å². The lowest BCUT2D eigenvalue weighted by Gasteiger charge is -2.16. The topological polar surface area (TPSA) is 116 Å². The van der Waals surface area contributed by atoms with Gasteiger partial charge < -0.3 is 20.8 Å². The molecule has 0 heterocycles. The number of phenolic OH excluding ortho intramolecular Hbond substituents is 1. The monoisotopic (exact) mass is 570 g/mol. The normalized spacial score (nSPS) is 10.2. The number of halogens is 1. The molecule has 40 heavy (non-hydrogen) atoms. The third-order valence-electron chi connectivity index (χ3n) is 5.16. The predicted octanol–water partition coefficient (Wildman–Crippen LogP) is 7.81. The van der Waals surface area contributed by atoms with Crippen molar-refractivity contribution in [2.75, 3.05) is 5.32 Å². The zero-order valence-electron chi connectivity index (χ0n) is 24.8. The van der Waals surface area contributed by atoms with Gasteiger partial charge in [0.1, 0.15) is 11.8 Å². The third-order valence-corrected chi connectivity index (χ3v) is 5.47. The van der Waals surface area contributed by atoms with E-state index in [9.17, 15) is 24.6 Å². The van der Waals surface area contributed by atoms with Crippen LogP contribution in [-0.2, 0) is 11.2 Å². The Bertz CT molecular complexity index is 1210. The van der Waals surface area contributed by atoms with E-state index in [4.69, 9.17) is 11.6 Å². The fourth-order valence-electron chi connectivity index (χ4n) is 3.41. The van der Waals surface area contributed by atoms with Crippen LogP contribution in [0.25, 0.3) is 0 Å². The first-order valence-corrected chi connectivity index (χ1v) is 13.9. The number of amides is 2. The SMILES string of the molecule is CC.CC.CCC.Cc1cc(O)ccc1C(=O)NC(Cc1ccc(NC(=O)c2c(C)cccc2Cl)cc1)C(=O)O. The minimum Gasteiger partial charge on any atom is -0.508 e. The average Bonchev–Trinajstić information content (AvgIpc) is 2.92. The summed E-state index contributed by atoms with van der Waals surface area (Å²) in [6.07, 6.45) is 1.30. The first-order chi connectivity index (χ1) is 19.1. The van der Waals surface area contributed by atoms with Crippen molar-refractivity contribution in [2.24, 2.45) is 0 Å². The van der Waals surface area contributed by atoms with Crippen LogP contribution in [0.1, 0.15) is 85.4 Å². The molecule has 0 saturated carbocycles. The van der Waals surface area contributed by atoms with Gasteiger partial charge in [0.15, 0.2) is 0 Å². The Hall–Kier alpha value is -3.84. The molecule has 0 aliphatic heterocycles. The van der Waals surface area contributed by atoms with Crippen molar-refractivity contribution >= 4 is 35.1 Å². The summed E-state index contributed by atoms with van der Waals surface area (Å²) in [5, 5.41) is 24.7. The van der Waals surface area contributed by atoms with Gasteiger partial charge in [0.05, 0.1) is 10.6 Å². The molecule has 1 atom stereocenters. The van der Waals surface area contributed by atoms with Crippen LogP contribution in [0.5, 0.6) is 5.75 Å². The zero-order chi connectivity index (χ0) is 30.8. The number of carbonyl (C=O) groups is 3. The molecule has 4 N–H and O–H groups in total. The van der Waals surface area contributed by atoms with Gasteiger partial charge in [-0.25, -0.2) is 4.79 Å². The van der Waals surface area contributed by atoms with Crippen molar-refractivity contribution in [3.8, 4) is 5.75 Å². The number of benzene rings is 3. The number of aromatic hydroxyl groups is 1. The number of rotatable bonds is 7. The highest BCUT2D eigenvalue weighted by Crippen LogP contribution is 2.22. The average molecular weight is 571 g/mol. The predicted molar refractivity (Wildman–Crippen MR) is 165 cm³/mol. The van der Waals surface area contributed by atoms with Crippen LogP contribution in [0.2, 0.25) is 5.02 Å². The van der Waals surface area contributed by atoms with Crippen LogP contribution >= 0.6 is 11.6 Å². The molecule has 2 amide bonds. The molecular weight excluding hydrogens is 528 g/mol. The number of aryl methyl sites for hydroxylation is 2. The largest absolute Gasteiger partial charge is 0.508 e. The molecule has 0 bridgehead atoms. The van der Waals surface area contributed by atoms with E-state index in [0.29, 0.717) is 27.4 Å². The van der Waals surface area contributed by atoms with Crippen molar-refractivity contribution in [3.63, 3.8) is 0 Å². The number of anilines is 1. The molecule has 3 rings (SSSR count). The number of phenols is 1. The second kappa shape index (κ2) is 19.3. The van der Waals surface area contributed by atoms with Gasteiger partial charge in [0.25, 0.3) is 11.8 Å². The molecular formula is C32H43ClN2O5. The highest BCUT2D eigenvalue weighted by Gasteiger charge is 2.22. The maximum absolute atomic E-state index is 12.6. The van der Waals surface area contributed by atoms with Gasteiger partial charge in [0, 0.05) is 17.7 Å². The lowest BCUT2D eigenvalue weighted by molar-refractivity contribution is -0.139. The van der Waals surface area contributed by atoms with E-state index in [1.54, 1.807) is 56.3 Å². The van der Waals surface area contributed by atoms with E-state index < -0.39 is 17.9 Å². The van der Waals surface area contributed by atoms with Gasteiger partial charge in [0.2, 0.25) is 0 Å². The van der Waals surface area contributed by atoms with Crippen LogP contribution in [0.4, 0.5) is 5.69 Å². The minimum absolute atomic E-state index is 0.0238. The van der Waals surface area contributed by atoms with Crippen molar-refractivity contribution in [3.05, 3.63) is 93.5 Å². The smallest absolute Gasteiger partial charge is 0.326 e. The molecule has 0 spiro atoms. The second-order valence-corrected chi connectivity index (χ2v) is 8.76. The molecule has 0 aromatic heterocycles. The number of carboxylic acids is 1. The number of hydrogen-bond donors (Lipinski definition) is 4. The summed E-state index contributed by atoms with van der Waals surface area (Å²) in [4.78, 5) is 36.8. The van der Waals surface area contributed by atoms with E-state index in [1.165, 1.54) is 24.6 Å². The highest BCUT2D eigenvalue weighted by molar-refractivity contribution is 6.34. The maximum Gasteiger partial charge on any atom is 0.326 e. The number of nitrogens with one attached hydrogen (secondary N) is 2. The van der Waals surface area contributed by atoms with Crippen molar-refractivity contribution < 1.29 is 24.6 Å². The Morgan fingerprint density at radius 1 is 0.850 bits per heavy atom. The summed E-state index contributed by atoms with van der Waals surface area (Å²) < 4.78 is 0. The Kier molecular flexibility index (Phi) is 17.4. The van der Waals surface area contributed by atoms with Crippen LogP contribution in [0.3, 0.4) is 0 Å². The molecule has 3 aromatic carbocycles. The minimum atomic E-state index is -1.17. The zero-order valence-corrected chi connectivity index (χ0v) is 25.5. The number of carboxylic acid groups (broad SMARTS) is 1. The molecule has 0 aliphatic rings. The van der Waals surface area contributed by atoms with Gasteiger partial charge >= 0.3 is 5.97 Å².